The predicted octanol–water partition coefficient (Wildman–Crippen LogP) is 7.55. The summed E-state index contributed by atoms with van der Waals surface area (Å²) in [5, 5.41) is 3.20. The first-order valence-corrected chi connectivity index (χ1v) is 12.8. The highest BCUT2D eigenvalue weighted by Crippen LogP contribution is 2.67. The number of fused-ring (bicyclic) bond motifs is 5. The number of hydrogen-bond donors (Lipinski definition) is 0. The van der Waals surface area contributed by atoms with Crippen molar-refractivity contribution < 1.29 is 4.79 Å². The SMILES string of the molecule is CC(C)CCC[C@@H](C)[C@H]1CC[C@H]2[C@@H]3CC(=O)C4C=C(N=O)CC[C@]4(C)[C@H]3CC[C@]12C. The van der Waals surface area contributed by atoms with Crippen LogP contribution in [0.25, 0.3) is 0 Å². The van der Waals surface area contributed by atoms with Crippen molar-refractivity contribution in [2.75, 3.05) is 0 Å². The van der Waals surface area contributed by atoms with Gasteiger partial charge in [0.05, 0.1) is 5.70 Å². The molecule has 0 amide bonds. The molecule has 3 fully saturated rings. The van der Waals surface area contributed by atoms with E-state index in [-0.39, 0.29) is 11.3 Å². The number of allylic oxidation sites excluding steroid dienone is 2. The molecular formula is C27H43NO2. The molecule has 4 aliphatic rings. The summed E-state index contributed by atoms with van der Waals surface area (Å²) in [4.78, 5) is 24.4. The predicted molar refractivity (Wildman–Crippen MR) is 123 cm³/mol. The van der Waals surface area contributed by atoms with Gasteiger partial charge in [0.2, 0.25) is 0 Å². The summed E-state index contributed by atoms with van der Waals surface area (Å²) in [6, 6.07) is 0. The van der Waals surface area contributed by atoms with Crippen LogP contribution in [0, 0.1) is 57.2 Å². The van der Waals surface area contributed by atoms with Gasteiger partial charge in [-0.05, 0) is 96.1 Å². The van der Waals surface area contributed by atoms with E-state index in [1.54, 1.807) is 0 Å². The van der Waals surface area contributed by atoms with Gasteiger partial charge in [-0.2, -0.15) is 0 Å². The first-order valence-electron chi connectivity index (χ1n) is 12.8. The highest BCUT2D eigenvalue weighted by molar-refractivity contribution is 5.85. The second-order valence-corrected chi connectivity index (χ2v) is 12.3. The molecular weight excluding hydrogens is 370 g/mol. The number of ketones is 1. The van der Waals surface area contributed by atoms with Gasteiger partial charge < -0.3 is 0 Å². The topological polar surface area (TPSA) is 46.5 Å². The molecule has 3 nitrogen and oxygen atoms in total. The van der Waals surface area contributed by atoms with Crippen molar-refractivity contribution in [2.24, 2.45) is 57.4 Å². The Kier molecular flexibility index (Phi) is 6.05. The van der Waals surface area contributed by atoms with E-state index in [1.807, 2.05) is 6.08 Å². The Balaban J connectivity index is 1.53. The molecule has 0 saturated heterocycles. The van der Waals surface area contributed by atoms with E-state index in [0.29, 0.717) is 34.6 Å². The lowest BCUT2D eigenvalue weighted by Crippen LogP contribution is -2.55. The maximum atomic E-state index is 13.3. The summed E-state index contributed by atoms with van der Waals surface area (Å²) in [5.74, 6) is 4.66. The molecule has 3 heteroatoms. The number of nitrogens with zero attached hydrogens (tertiary/aromatic N) is 1. The van der Waals surface area contributed by atoms with Crippen LogP contribution >= 0.6 is 0 Å². The lowest BCUT2D eigenvalue weighted by Gasteiger charge is -2.59. The monoisotopic (exact) mass is 413 g/mol. The molecule has 0 aromatic rings. The van der Waals surface area contributed by atoms with E-state index >= 15 is 0 Å². The van der Waals surface area contributed by atoms with E-state index in [2.05, 4.69) is 39.8 Å². The number of carbonyl (C=O) groups excluding carboxylic acids is 1. The van der Waals surface area contributed by atoms with Crippen LogP contribution < -0.4 is 0 Å². The van der Waals surface area contributed by atoms with Crippen molar-refractivity contribution in [1.82, 2.24) is 0 Å². The summed E-state index contributed by atoms with van der Waals surface area (Å²) in [6.07, 6.45) is 13.8. The molecule has 0 aliphatic heterocycles. The first kappa shape index (κ1) is 22.2. The van der Waals surface area contributed by atoms with Crippen molar-refractivity contribution in [3.8, 4) is 0 Å². The Hall–Kier alpha value is -0.990. The number of hydrogen-bond acceptors (Lipinski definition) is 3. The summed E-state index contributed by atoms with van der Waals surface area (Å²) in [5.41, 5.74) is 1.07. The number of rotatable bonds is 6. The minimum absolute atomic E-state index is 0.0382. The van der Waals surface area contributed by atoms with Crippen molar-refractivity contribution in [3.05, 3.63) is 16.7 Å². The molecule has 4 rings (SSSR count). The van der Waals surface area contributed by atoms with Gasteiger partial charge in [-0.15, -0.1) is 4.91 Å². The van der Waals surface area contributed by atoms with Gasteiger partial charge >= 0.3 is 0 Å². The maximum absolute atomic E-state index is 13.3. The molecule has 0 heterocycles. The minimum Gasteiger partial charge on any atom is -0.299 e. The fourth-order valence-corrected chi connectivity index (χ4v) is 8.75. The average molecular weight is 414 g/mol. The molecule has 4 aliphatic carbocycles. The lowest BCUT2D eigenvalue weighted by molar-refractivity contribution is -0.146. The number of Topliss-reactive ketones (excluding diaryl/α,β-unsaturated/α-hetero) is 1. The molecule has 168 valence electrons. The van der Waals surface area contributed by atoms with Gasteiger partial charge in [0.1, 0.15) is 5.78 Å². The molecule has 1 unspecified atom stereocenters. The standard InChI is InChI=1S/C27H43NO2/c1-17(2)7-6-8-18(3)21-9-10-22-20-16-25(29)24-15-19(28-30)11-13-27(24,5)23(20)12-14-26(21,22)4/h15,17-18,20-24H,6-14,16H2,1-5H3/t18-,20+,21-,22+,23+,24?,26-,27-/m1/s1. The van der Waals surface area contributed by atoms with Gasteiger partial charge in [0.15, 0.2) is 0 Å². The number of carbonyl (C=O) groups is 1. The van der Waals surface area contributed by atoms with Gasteiger partial charge in [0.25, 0.3) is 0 Å². The van der Waals surface area contributed by atoms with E-state index in [0.717, 1.165) is 37.0 Å². The fraction of sp³-hybridized carbons (Fsp3) is 0.889. The first-order chi connectivity index (χ1) is 14.2. The zero-order valence-corrected chi connectivity index (χ0v) is 20.0. The van der Waals surface area contributed by atoms with Crippen LogP contribution in [0.5, 0.6) is 0 Å². The summed E-state index contributed by atoms with van der Waals surface area (Å²) < 4.78 is 0. The molecule has 8 atom stereocenters. The van der Waals surface area contributed by atoms with Gasteiger partial charge in [-0.1, -0.05) is 53.9 Å². The smallest absolute Gasteiger partial charge is 0.140 e. The quantitative estimate of drug-likeness (QED) is 0.422. The summed E-state index contributed by atoms with van der Waals surface area (Å²) in [7, 11) is 0. The Morgan fingerprint density at radius 2 is 1.77 bits per heavy atom. The van der Waals surface area contributed by atoms with Gasteiger partial charge in [-0.25, -0.2) is 0 Å². The molecule has 0 radical (unpaired) electrons. The van der Waals surface area contributed by atoms with Crippen LogP contribution in [0.4, 0.5) is 0 Å². The van der Waals surface area contributed by atoms with Gasteiger partial charge in [0, 0.05) is 12.3 Å². The third-order valence-corrected chi connectivity index (χ3v) is 10.4. The van der Waals surface area contributed by atoms with E-state index in [1.165, 1.54) is 44.9 Å². The van der Waals surface area contributed by atoms with E-state index in [4.69, 9.17) is 0 Å². The van der Waals surface area contributed by atoms with Crippen molar-refractivity contribution >= 4 is 5.78 Å². The zero-order valence-electron chi connectivity index (χ0n) is 20.0. The molecule has 0 bridgehead atoms. The second-order valence-electron chi connectivity index (χ2n) is 12.3. The summed E-state index contributed by atoms with van der Waals surface area (Å²) >= 11 is 0. The molecule has 0 aromatic carbocycles. The third kappa shape index (κ3) is 3.52. The van der Waals surface area contributed by atoms with E-state index in [9.17, 15) is 9.70 Å². The van der Waals surface area contributed by atoms with Crippen molar-refractivity contribution in [3.63, 3.8) is 0 Å². The van der Waals surface area contributed by atoms with Crippen molar-refractivity contribution in [1.29, 1.82) is 0 Å². The maximum Gasteiger partial charge on any atom is 0.140 e. The molecule has 0 aromatic heterocycles. The normalized spacial score (nSPS) is 44.1. The van der Waals surface area contributed by atoms with Crippen LogP contribution in [0.2, 0.25) is 0 Å². The van der Waals surface area contributed by atoms with Crippen LogP contribution in [0.3, 0.4) is 0 Å². The fourth-order valence-electron chi connectivity index (χ4n) is 8.75. The van der Waals surface area contributed by atoms with Crippen LogP contribution in [-0.4, -0.2) is 5.78 Å². The Morgan fingerprint density at radius 1 is 1.03 bits per heavy atom. The van der Waals surface area contributed by atoms with Gasteiger partial charge in [-0.3, -0.25) is 4.79 Å². The molecule has 3 saturated carbocycles. The van der Waals surface area contributed by atoms with Crippen LogP contribution in [-0.2, 0) is 4.79 Å². The van der Waals surface area contributed by atoms with Crippen molar-refractivity contribution in [2.45, 2.75) is 98.8 Å². The third-order valence-electron chi connectivity index (χ3n) is 10.4. The minimum atomic E-state index is -0.0725. The molecule has 0 spiro atoms. The lowest BCUT2D eigenvalue weighted by atomic mass is 9.45. The Morgan fingerprint density at radius 3 is 2.47 bits per heavy atom. The highest BCUT2D eigenvalue weighted by atomic mass is 16.3. The summed E-state index contributed by atoms with van der Waals surface area (Å²) in [6.45, 7) is 12.1. The molecule has 30 heavy (non-hydrogen) atoms. The Bertz CT molecular complexity index is 712. The highest BCUT2D eigenvalue weighted by Gasteiger charge is 2.61. The molecule has 0 N–H and O–H groups in total. The zero-order chi connectivity index (χ0) is 21.7. The average Bonchev–Trinajstić information content (AvgIpc) is 3.05. The largest absolute Gasteiger partial charge is 0.299 e. The van der Waals surface area contributed by atoms with E-state index < -0.39 is 0 Å². The second kappa shape index (κ2) is 8.17. The number of nitroso groups, excluding NO2 is 1. The van der Waals surface area contributed by atoms with Crippen LogP contribution in [0.15, 0.2) is 16.9 Å². The Labute approximate surface area is 183 Å². The van der Waals surface area contributed by atoms with Crippen LogP contribution in [0.1, 0.15) is 98.8 Å².